The first kappa shape index (κ1) is 21.7. The van der Waals surface area contributed by atoms with Gasteiger partial charge in [-0.05, 0) is 49.2 Å². The van der Waals surface area contributed by atoms with Gasteiger partial charge in [0.05, 0.1) is 19.0 Å². The first-order chi connectivity index (χ1) is 14.8. The maximum Gasteiger partial charge on any atom is 0.292 e. The van der Waals surface area contributed by atoms with Crippen molar-refractivity contribution in [2.45, 2.75) is 13.8 Å². The summed E-state index contributed by atoms with van der Waals surface area (Å²) in [6.45, 7) is 3.30. The minimum Gasteiger partial charge on any atom is -0.497 e. The molecule has 1 amide bonds. The lowest BCUT2D eigenvalue weighted by Crippen LogP contribution is -2.31. The molecular weight excluding hydrogens is 418 g/mol. The van der Waals surface area contributed by atoms with Gasteiger partial charge in [0.15, 0.2) is 5.69 Å². The van der Waals surface area contributed by atoms with E-state index in [1.807, 2.05) is 13.0 Å². The second-order valence-corrected chi connectivity index (χ2v) is 6.99. The lowest BCUT2D eigenvalue weighted by Gasteiger charge is -2.11. The van der Waals surface area contributed by atoms with Crippen LogP contribution in [0, 0.1) is 25.2 Å². The van der Waals surface area contributed by atoms with Crippen molar-refractivity contribution in [2.75, 3.05) is 7.11 Å². The molecule has 0 fully saturated rings. The molecule has 1 heterocycles. The summed E-state index contributed by atoms with van der Waals surface area (Å²) >= 11 is 6.16. The van der Waals surface area contributed by atoms with E-state index in [9.17, 15) is 14.9 Å². The zero-order chi connectivity index (χ0) is 22.5. The summed E-state index contributed by atoms with van der Waals surface area (Å²) in [5.41, 5.74) is 3.47. The van der Waals surface area contributed by atoms with Crippen LogP contribution < -0.4 is 15.7 Å². The largest absolute Gasteiger partial charge is 0.497 e. The van der Waals surface area contributed by atoms with Crippen molar-refractivity contribution >= 4 is 23.7 Å². The molecule has 1 N–H and O–H groups in total. The average Bonchev–Trinajstić information content (AvgIpc) is 2.76. The van der Waals surface area contributed by atoms with Gasteiger partial charge in [-0.1, -0.05) is 29.8 Å². The Morgan fingerprint density at radius 3 is 2.74 bits per heavy atom. The van der Waals surface area contributed by atoms with E-state index in [0.717, 1.165) is 10.2 Å². The minimum atomic E-state index is -0.667. The zero-order valence-electron chi connectivity index (χ0n) is 17.0. The highest BCUT2D eigenvalue weighted by atomic mass is 35.5. The molecule has 0 spiro atoms. The number of hydrazone groups is 1. The highest BCUT2D eigenvalue weighted by molar-refractivity contribution is 6.31. The van der Waals surface area contributed by atoms with Crippen LogP contribution in [0.15, 0.2) is 52.4 Å². The third kappa shape index (κ3) is 4.63. The molecule has 9 heteroatoms. The van der Waals surface area contributed by atoms with Gasteiger partial charge in [0.2, 0.25) is 0 Å². The summed E-state index contributed by atoms with van der Waals surface area (Å²) in [5, 5.41) is 18.0. The second-order valence-electron chi connectivity index (χ2n) is 6.59. The van der Waals surface area contributed by atoms with Gasteiger partial charge in [-0.2, -0.15) is 20.1 Å². The Balaban J connectivity index is 1.97. The number of hydrogen-bond acceptors (Lipinski definition) is 6. The lowest BCUT2D eigenvalue weighted by atomic mass is 10.1. The van der Waals surface area contributed by atoms with E-state index in [4.69, 9.17) is 16.3 Å². The molecule has 0 unspecified atom stereocenters. The standard InChI is InChI=1S/C22H18ClN5O3/c1-13-7-8-16(10-19(13)23)28-22(30)18(11-24)14(2)20(27-28)21(29)26-25-12-15-5-4-6-17(9-15)31-3/h4-10,12H,1-3H3,(H,26,29)/b25-12+. The van der Waals surface area contributed by atoms with Gasteiger partial charge < -0.3 is 4.74 Å². The molecule has 8 nitrogen and oxygen atoms in total. The number of ether oxygens (including phenoxy) is 1. The molecule has 0 aliphatic carbocycles. The van der Waals surface area contributed by atoms with Crippen molar-refractivity contribution < 1.29 is 9.53 Å². The Morgan fingerprint density at radius 1 is 1.29 bits per heavy atom. The quantitative estimate of drug-likeness (QED) is 0.489. The molecule has 0 aliphatic rings. The summed E-state index contributed by atoms with van der Waals surface area (Å²) in [7, 11) is 1.55. The van der Waals surface area contributed by atoms with Crippen molar-refractivity contribution in [3.05, 3.63) is 85.8 Å². The fourth-order valence-electron chi connectivity index (χ4n) is 2.78. The summed E-state index contributed by atoms with van der Waals surface area (Å²) in [5.74, 6) is -0.0182. The average molecular weight is 436 g/mol. The molecule has 2 aromatic carbocycles. The third-order valence-electron chi connectivity index (χ3n) is 4.54. The van der Waals surface area contributed by atoms with Crippen LogP contribution in [0.4, 0.5) is 0 Å². The Kier molecular flexibility index (Phi) is 6.48. The molecule has 0 bridgehead atoms. The van der Waals surface area contributed by atoms with Gasteiger partial charge >= 0.3 is 0 Å². The molecule has 0 aliphatic heterocycles. The number of rotatable bonds is 5. The molecule has 31 heavy (non-hydrogen) atoms. The van der Waals surface area contributed by atoms with E-state index >= 15 is 0 Å². The molecule has 156 valence electrons. The summed E-state index contributed by atoms with van der Waals surface area (Å²) < 4.78 is 6.13. The maximum absolute atomic E-state index is 12.7. The first-order valence-electron chi connectivity index (χ1n) is 9.13. The predicted octanol–water partition coefficient (Wildman–Crippen LogP) is 3.15. The number of benzene rings is 2. The van der Waals surface area contributed by atoms with Crippen LogP contribution in [0.5, 0.6) is 5.75 Å². The second kappa shape index (κ2) is 9.24. The van der Waals surface area contributed by atoms with Gasteiger partial charge in [0, 0.05) is 10.6 Å². The van der Waals surface area contributed by atoms with Gasteiger partial charge in [-0.25, -0.2) is 5.43 Å². The van der Waals surface area contributed by atoms with Crippen LogP contribution in [-0.4, -0.2) is 29.0 Å². The fraction of sp³-hybridized carbons (Fsp3) is 0.136. The number of aromatic nitrogens is 2. The Morgan fingerprint density at radius 2 is 2.06 bits per heavy atom. The van der Waals surface area contributed by atoms with Crippen LogP contribution in [0.1, 0.15) is 32.7 Å². The van der Waals surface area contributed by atoms with E-state index in [1.165, 1.54) is 13.1 Å². The van der Waals surface area contributed by atoms with Crippen molar-refractivity contribution in [3.8, 4) is 17.5 Å². The number of nitrogens with one attached hydrogen (secondary N) is 1. The number of nitrogens with zero attached hydrogens (tertiary/aromatic N) is 4. The maximum atomic E-state index is 12.7. The van der Waals surface area contributed by atoms with Gasteiger partial charge in [-0.15, -0.1) is 0 Å². The highest BCUT2D eigenvalue weighted by Gasteiger charge is 2.20. The topological polar surface area (TPSA) is 109 Å². The first-order valence-corrected chi connectivity index (χ1v) is 9.51. The summed E-state index contributed by atoms with van der Waals surface area (Å²) in [4.78, 5) is 25.4. The molecule has 3 rings (SSSR count). The molecule has 0 radical (unpaired) electrons. The van der Waals surface area contributed by atoms with E-state index < -0.39 is 11.5 Å². The predicted molar refractivity (Wildman–Crippen MR) is 117 cm³/mol. The highest BCUT2D eigenvalue weighted by Crippen LogP contribution is 2.19. The van der Waals surface area contributed by atoms with Crippen molar-refractivity contribution in [1.82, 2.24) is 15.2 Å². The molecule has 0 atom stereocenters. The number of hydrogen-bond donors (Lipinski definition) is 1. The number of nitriles is 1. The van der Waals surface area contributed by atoms with Gasteiger partial charge in [-0.3, -0.25) is 9.59 Å². The molecule has 0 saturated heterocycles. The third-order valence-corrected chi connectivity index (χ3v) is 4.94. The Labute approximate surface area is 183 Å². The van der Waals surface area contributed by atoms with E-state index in [1.54, 1.807) is 49.6 Å². The van der Waals surface area contributed by atoms with E-state index in [-0.39, 0.29) is 16.8 Å². The van der Waals surface area contributed by atoms with Gasteiger partial charge in [0.1, 0.15) is 17.4 Å². The monoisotopic (exact) mass is 435 g/mol. The van der Waals surface area contributed by atoms with Crippen LogP contribution >= 0.6 is 11.6 Å². The molecule has 1 aromatic heterocycles. The van der Waals surface area contributed by atoms with E-state index in [0.29, 0.717) is 22.0 Å². The van der Waals surface area contributed by atoms with Crippen molar-refractivity contribution in [2.24, 2.45) is 5.10 Å². The minimum absolute atomic E-state index is 0.101. The van der Waals surface area contributed by atoms with Crippen LogP contribution in [0.25, 0.3) is 5.69 Å². The number of carbonyl (C=O) groups excluding carboxylic acids is 1. The lowest BCUT2D eigenvalue weighted by molar-refractivity contribution is 0.0947. The number of halogens is 1. The Hall–Kier alpha value is -3.96. The molecular formula is C22H18ClN5O3. The van der Waals surface area contributed by atoms with Crippen LogP contribution in [-0.2, 0) is 0 Å². The number of aryl methyl sites for hydroxylation is 1. The number of carbonyl (C=O) groups is 1. The molecule has 0 saturated carbocycles. The van der Waals surface area contributed by atoms with Gasteiger partial charge in [0.25, 0.3) is 11.5 Å². The van der Waals surface area contributed by atoms with Crippen molar-refractivity contribution in [3.63, 3.8) is 0 Å². The van der Waals surface area contributed by atoms with E-state index in [2.05, 4.69) is 15.6 Å². The van der Waals surface area contributed by atoms with Crippen LogP contribution in [0.3, 0.4) is 0 Å². The van der Waals surface area contributed by atoms with Crippen molar-refractivity contribution in [1.29, 1.82) is 5.26 Å². The number of methoxy groups -OCH3 is 1. The zero-order valence-corrected chi connectivity index (χ0v) is 17.8. The van der Waals surface area contributed by atoms with Crippen LogP contribution in [0.2, 0.25) is 5.02 Å². The molecule has 3 aromatic rings. The smallest absolute Gasteiger partial charge is 0.292 e. The number of amides is 1. The fourth-order valence-corrected chi connectivity index (χ4v) is 2.96. The SMILES string of the molecule is COc1cccc(/C=N/NC(=O)c2nn(-c3ccc(C)c(Cl)c3)c(=O)c(C#N)c2C)c1. The Bertz CT molecular complexity index is 1290. The normalized spacial score (nSPS) is 10.7. The summed E-state index contributed by atoms with van der Waals surface area (Å²) in [6, 6.07) is 13.9. The summed E-state index contributed by atoms with van der Waals surface area (Å²) in [6.07, 6.45) is 1.44.